The second-order valence-corrected chi connectivity index (χ2v) is 6.91. The molecule has 2 nitrogen and oxygen atoms in total. The monoisotopic (exact) mass is 329 g/mol. The lowest BCUT2D eigenvalue weighted by atomic mass is 10.1. The lowest BCUT2D eigenvalue weighted by Crippen LogP contribution is -2.15. The minimum absolute atomic E-state index is 0.264. The number of hydrogen-bond acceptors (Lipinski definition) is 3. The zero-order valence-corrected chi connectivity index (χ0v) is 13.8. The summed E-state index contributed by atoms with van der Waals surface area (Å²) in [4.78, 5) is 2.17. The van der Waals surface area contributed by atoms with Crippen LogP contribution in [0.1, 0.15) is 17.2 Å². The fourth-order valence-electron chi connectivity index (χ4n) is 1.90. The Labute approximate surface area is 134 Å². The van der Waals surface area contributed by atoms with Crippen LogP contribution in [0.3, 0.4) is 0 Å². The van der Waals surface area contributed by atoms with Gasteiger partial charge in [0.2, 0.25) is 0 Å². The van der Waals surface area contributed by atoms with Gasteiger partial charge in [-0.1, -0.05) is 35.0 Å². The van der Waals surface area contributed by atoms with E-state index < -0.39 is 0 Å². The van der Waals surface area contributed by atoms with Crippen LogP contribution in [0.15, 0.2) is 46.1 Å². The summed E-state index contributed by atoms with van der Waals surface area (Å²) in [5.74, 6) is 0. The maximum Gasteiger partial charge on any atom is 0.160 e. The molecule has 0 saturated heterocycles. The number of furan rings is 1. The van der Waals surface area contributed by atoms with E-state index in [1.54, 1.807) is 24.1 Å². The first-order chi connectivity index (χ1) is 9.54. The van der Waals surface area contributed by atoms with E-state index in [0.717, 1.165) is 23.6 Å². The zero-order valence-electron chi connectivity index (χ0n) is 11.5. The highest BCUT2D eigenvalue weighted by atomic mass is 35.5. The van der Waals surface area contributed by atoms with Crippen molar-refractivity contribution in [3.8, 4) is 0 Å². The molecule has 20 heavy (non-hydrogen) atoms. The lowest BCUT2D eigenvalue weighted by Gasteiger charge is -2.19. The van der Waals surface area contributed by atoms with Crippen LogP contribution in [0.25, 0.3) is 0 Å². The van der Waals surface area contributed by atoms with E-state index in [0.29, 0.717) is 10.0 Å². The van der Waals surface area contributed by atoms with E-state index in [-0.39, 0.29) is 5.25 Å². The van der Waals surface area contributed by atoms with Gasteiger partial charge < -0.3 is 9.32 Å². The summed E-state index contributed by atoms with van der Waals surface area (Å²) in [5, 5.41) is 2.51. The average Bonchev–Trinajstić information content (AvgIpc) is 2.85. The smallest absolute Gasteiger partial charge is 0.160 e. The highest BCUT2D eigenvalue weighted by Gasteiger charge is 2.16. The molecule has 0 aliphatic carbocycles. The molecule has 0 aliphatic rings. The molecule has 5 heteroatoms. The van der Waals surface area contributed by atoms with Crippen molar-refractivity contribution in [3.63, 3.8) is 0 Å². The Morgan fingerprint density at radius 1 is 1.20 bits per heavy atom. The molecule has 0 bridgehead atoms. The van der Waals surface area contributed by atoms with E-state index in [9.17, 15) is 0 Å². The van der Waals surface area contributed by atoms with Crippen molar-refractivity contribution in [3.05, 3.63) is 52.2 Å². The molecule has 1 aromatic heterocycles. The normalized spacial score (nSPS) is 12.8. The first-order valence-electron chi connectivity index (χ1n) is 6.35. The minimum Gasteiger partial charge on any atom is -0.458 e. The summed E-state index contributed by atoms with van der Waals surface area (Å²) >= 11 is 13.9. The van der Waals surface area contributed by atoms with E-state index in [2.05, 4.69) is 19.0 Å². The number of benzene rings is 1. The van der Waals surface area contributed by atoms with E-state index >= 15 is 0 Å². The molecule has 0 spiro atoms. The first-order valence-corrected chi connectivity index (χ1v) is 7.99. The molecular formula is C15H17Cl2NOS. The summed E-state index contributed by atoms with van der Waals surface area (Å²) in [6.07, 6.45) is 2.69. The predicted octanol–water partition coefficient (Wildman–Crippen LogP) is 5.37. The highest BCUT2D eigenvalue weighted by Crippen LogP contribution is 2.39. The molecule has 0 N–H and O–H groups in total. The molecule has 0 fully saturated rings. The third-order valence-electron chi connectivity index (χ3n) is 2.85. The van der Waals surface area contributed by atoms with Crippen LogP contribution in [-0.4, -0.2) is 25.5 Å². The third-order valence-corrected chi connectivity index (χ3v) is 4.54. The number of hydrogen-bond donors (Lipinski definition) is 0. The molecule has 1 heterocycles. The predicted molar refractivity (Wildman–Crippen MR) is 86.9 cm³/mol. The molecule has 1 atom stereocenters. The van der Waals surface area contributed by atoms with Crippen LogP contribution >= 0.6 is 35.0 Å². The number of rotatable bonds is 6. The SMILES string of the molecule is CN(C)CCC(Sc1ccco1)c1cc(Cl)cc(Cl)c1. The van der Waals surface area contributed by atoms with Crippen molar-refractivity contribution in [2.45, 2.75) is 16.8 Å². The molecule has 0 saturated carbocycles. The van der Waals surface area contributed by atoms with Gasteiger partial charge >= 0.3 is 0 Å². The van der Waals surface area contributed by atoms with Crippen molar-refractivity contribution in [1.29, 1.82) is 0 Å². The van der Waals surface area contributed by atoms with E-state index in [1.165, 1.54) is 0 Å². The minimum atomic E-state index is 0.264. The third kappa shape index (κ3) is 4.74. The van der Waals surface area contributed by atoms with Crippen LogP contribution in [0.2, 0.25) is 10.0 Å². The Kier molecular flexibility index (Phi) is 5.85. The van der Waals surface area contributed by atoms with Crippen molar-refractivity contribution in [2.24, 2.45) is 0 Å². The second-order valence-electron chi connectivity index (χ2n) is 4.83. The van der Waals surface area contributed by atoms with Gasteiger partial charge in [-0.2, -0.15) is 0 Å². The van der Waals surface area contributed by atoms with Crippen LogP contribution in [0.5, 0.6) is 0 Å². The molecule has 2 aromatic rings. The van der Waals surface area contributed by atoms with Gasteiger partial charge in [-0.3, -0.25) is 0 Å². The summed E-state index contributed by atoms with van der Waals surface area (Å²) < 4.78 is 5.44. The van der Waals surface area contributed by atoms with E-state index in [4.69, 9.17) is 27.6 Å². The average molecular weight is 330 g/mol. The fraction of sp³-hybridized carbons (Fsp3) is 0.333. The Morgan fingerprint density at radius 2 is 1.90 bits per heavy atom. The summed E-state index contributed by atoms with van der Waals surface area (Å²) in [6.45, 7) is 0.989. The van der Waals surface area contributed by atoms with Crippen LogP contribution in [-0.2, 0) is 0 Å². The van der Waals surface area contributed by atoms with Gasteiger partial charge in [0.25, 0.3) is 0 Å². The molecule has 0 aliphatic heterocycles. The molecular weight excluding hydrogens is 313 g/mol. The second kappa shape index (κ2) is 7.41. The maximum atomic E-state index is 6.11. The van der Waals surface area contributed by atoms with Crippen molar-refractivity contribution in [1.82, 2.24) is 4.90 Å². The van der Waals surface area contributed by atoms with Crippen molar-refractivity contribution < 1.29 is 4.42 Å². The number of nitrogens with zero attached hydrogens (tertiary/aromatic N) is 1. The Balaban J connectivity index is 2.20. The van der Waals surface area contributed by atoms with Gasteiger partial charge in [0.15, 0.2) is 5.09 Å². The highest BCUT2D eigenvalue weighted by molar-refractivity contribution is 7.99. The Morgan fingerprint density at radius 3 is 2.45 bits per heavy atom. The first kappa shape index (κ1) is 15.8. The van der Waals surface area contributed by atoms with Gasteiger partial charge in [0.1, 0.15) is 0 Å². The lowest BCUT2D eigenvalue weighted by molar-refractivity contribution is 0.398. The quantitative estimate of drug-likeness (QED) is 0.662. The molecule has 1 unspecified atom stereocenters. The number of halogens is 2. The zero-order chi connectivity index (χ0) is 14.5. The molecule has 2 rings (SSSR count). The van der Waals surface area contributed by atoms with Gasteiger partial charge in [-0.25, -0.2) is 0 Å². The molecule has 108 valence electrons. The van der Waals surface area contributed by atoms with Gasteiger partial charge in [0.05, 0.1) is 6.26 Å². The van der Waals surface area contributed by atoms with Gasteiger partial charge in [-0.15, -0.1) is 0 Å². The summed E-state index contributed by atoms with van der Waals surface area (Å²) in [5.41, 5.74) is 1.13. The number of thioether (sulfide) groups is 1. The van der Waals surface area contributed by atoms with Gasteiger partial charge in [-0.05, 0) is 63.0 Å². The topological polar surface area (TPSA) is 16.4 Å². The van der Waals surface area contributed by atoms with Crippen LogP contribution < -0.4 is 0 Å². The maximum absolute atomic E-state index is 6.11. The van der Waals surface area contributed by atoms with Gasteiger partial charge in [0, 0.05) is 15.3 Å². The molecule has 0 amide bonds. The molecule has 0 radical (unpaired) electrons. The Bertz CT molecular complexity index is 523. The summed E-state index contributed by atoms with van der Waals surface area (Å²) in [7, 11) is 4.14. The fourth-order valence-corrected chi connectivity index (χ4v) is 3.49. The van der Waals surface area contributed by atoms with Crippen LogP contribution in [0.4, 0.5) is 0 Å². The van der Waals surface area contributed by atoms with E-state index in [1.807, 2.05) is 24.3 Å². The van der Waals surface area contributed by atoms with Crippen LogP contribution in [0, 0.1) is 0 Å². The largest absolute Gasteiger partial charge is 0.458 e. The summed E-state index contributed by atoms with van der Waals surface area (Å²) in [6, 6.07) is 9.58. The van der Waals surface area contributed by atoms with Crippen molar-refractivity contribution >= 4 is 35.0 Å². The standard InChI is InChI=1S/C15H17Cl2NOS/c1-18(2)6-5-14(20-15-4-3-7-19-15)11-8-12(16)10-13(17)9-11/h3-4,7-10,14H,5-6H2,1-2H3. The molecule has 1 aromatic carbocycles. The van der Waals surface area contributed by atoms with Crippen molar-refractivity contribution in [2.75, 3.05) is 20.6 Å². The Hall–Kier alpha value is -0.610.